The third-order valence-electron chi connectivity index (χ3n) is 12.8. The minimum atomic E-state index is -3.72. The zero-order chi connectivity index (χ0) is 54.8. The van der Waals surface area contributed by atoms with E-state index in [0.29, 0.717) is 30.5 Å². The van der Waals surface area contributed by atoms with Gasteiger partial charge in [-0.1, -0.05) is 51.1 Å². The largest absolute Gasteiger partial charge is 0.391 e. The van der Waals surface area contributed by atoms with Gasteiger partial charge in [-0.3, -0.25) is 24.1 Å². The zero-order valence-corrected chi connectivity index (χ0v) is 46.2. The molecule has 408 valence electrons. The summed E-state index contributed by atoms with van der Waals surface area (Å²) in [4.78, 5) is 73.9. The number of amides is 4. The highest BCUT2D eigenvalue weighted by molar-refractivity contribution is 7.89. The Labute approximate surface area is 449 Å². The predicted molar refractivity (Wildman–Crippen MR) is 295 cm³/mol. The summed E-state index contributed by atoms with van der Waals surface area (Å²) in [5.74, 6) is -0.436. The minimum absolute atomic E-state index is 0.0177. The van der Waals surface area contributed by atoms with E-state index in [0.717, 1.165) is 51.7 Å². The molecule has 0 spiro atoms. The van der Waals surface area contributed by atoms with Gasteiger partial charge in [0.15, 0.2) is 0 Å². The van der Waals surface area contributed by atoms with Crippen LogP contribution >= 0.6 is 11.3 Å². The lowest BCUT2D eigenvalue weighted by molar-refractivity contribution is -0.144. The highest BCUT2D eigenvalue weighted by atomic mass is 32.2. The Balaban J connectivity index is 0.783. The Morgan fingerprint density at radius 1 is 0.855 bits per heavy atom. The van der Waals surface area contributed by atoms with Gasteiger partial charge in [-0.05, 0) is 93.6 Å². The number of nitrogens with one attached hydrogen (secondary N) is 6. The molecule has 0 saturated carbocycles. The molecule has 20 nitrogen and oxygen atoms in total. The molecule has 7 rings (SSSR count). The van der Waals surface area contributed by atoms with Crippen LogP contribution < -0.4 is 36.2 Å². The molecule has 76 heavy (non-hydrogen) atoms. The van der Waals surface area contributed by atoms with Gasteiger partial charge in [0.2, 0.25) is 39.6 Å². The van der Waals surface area contributed by atoms with Crippen LogP contribution in [0.2, 0.25) is 0 Å². The van der Waals surface area contributed by atoms with Crippen molar-refractivity contribution in [2.24, 2.45) is 5.41 Å². The van der Waals surface area contributed by atoms with Gasteiger partial charge in [-0.25, -0.2) is 23.1 Å². The van der Waals surface area contributed by atoms with Crippen LogP contribution in [-0.4, -0.2) is 145 Å². The van der Waals surface area contributed by atoms with Crippen LogP contribution in [0, 0.1) is 19.3 Å². The number of benzene rings is 3. The molecule has 7 N–H and O–H groups in total. The van der Waals surface area contributed by atoms with E-state index in [-0.39, 0.29) is 68.9 Å². The molecule has 0 radical (unpaired) electrons. The molecule has 2 aliphatic rings. The summed E-state index contributed by atoms with van der Waals surface area (Å²) in [6.45, 7) is 18.6. The molecular formula is C54H72N12O8S2. The van der Waals surface area contributed by atoms with Crippen molar-refractivity contribution >= 4 is 73.8 Å². The van der Waals surface area contributed by atoms with Gasteiger partial charge in [0.05, 0.1) is 46.8 Å². The number of sulfonamides is 1. The van der Waals surface area contributed by atoms with Crippen LogP contribution in [0.15, 0.2) is 89.4 Å². The molecule has 3 aromatic carbocycles. The Bertz CT molecular complexity index is 2920. The number of rotatable bonds is 21. The first-order valence-corrected chi connectivity index (χ1v) is 27.9. The van der Waals surface area contributed by atoms with Crippen molar-refractivity contribution < 1.29 is 37.4 Å². The number of hydrogen-bond acceptors (Lipinski definition) is 16. The van der Waals surface area contributed by atoms with Gasteiger partial charge in [0.1, 0.15) is 17.9 Å². The van der Waals surface area contributed by atoms with E-state index < -0.39 is 51.0 Å². The Morgan fingerprint density at radius 3 is 2.25 bits per heavy atom. The number of carbonyl (C=O) groups excluding carboxylic acids is 4. The molecule has 2 aromatic heterocycles. The van der Waals surface area contributed by atoms with Crippen molar-refractivity contribution in [2.45, 2.75) is 103 Å². The molecular weight excluding hydrogens is 1010 g/mol. The quantitative estimate of drug-likeness (QED) is 0.0465. The van der Waals surface area contributed by atoms with E-state index in [9.17, 15) is 32.7 Å². The molecule has 3 atom stereocenters. The summed E-state index contributed by atoms with van der Waals surface area (Å²) in [6.07, 6.45) is 0.883. The summed E-state index contributed by atoms with van der Waals surface area (Å²) in [5, 5.41) is 25.7. The molecule has 22 heteroatoms. The van der Waals surface area contributed by atoms with E-state index in [2.05, 4.69) is 56.1 Å². The van der Waals surface area contributed by atoms with E-state index in [1.807, 2.05) is 88.7 Å². The second kappa shape index (κ2) is 25.1. The van der Waals surface area contributed by atoms with Crippen LogP contribution in [-0.2, 0) is 40.5 Å². The lowest BCUT2D eigenvalue weighted by Crippen LogP contribution is -2.57. The summed E-state index contributed by atoms with van der Waals surface area (Å²) in [5.41, 5.74) is 6.55. The van der Waals surface area contributed by atoms with Crippen LogP contribution in [0.1, 0.15) is 71.2 Å². The van der Waals surface area contributed by atoms with Crippen molar-refractivity contribution in [3.8, 4) is 10.4 Å². The summed E-state index contributed by atoms with van der Waals surface area (Å²) in [6, 6.07) is 20.5. The molecule has 0 aliphatic carbocycles. The number of carbonyl (C=O) groups is 4. The maximum atomic E-state index is 14.0. The lowest BCUT2D eigenvalue weighted by Gasteiger charge is -2.35. The molecule has 5 aromatic rings. The number of aryl methyl sites for hydroxylation is 2. The summed E-state index contributed by atoms with van der Waals surface area (Å²) >= 11 is 1.57. The van der Waals surface area contributed by atoms with Crippen LogP contribution in [0.25, 0.3) is 10.4 Å². The van der Waals surface area contributed by atoms with Gasteiger partial charge in [0, 0.05) is 93.0 Å². The number of aliphatic hydroxyl groups is 1. The third kappa shape index (κ3) is 16.0. The number of β-amino-alcohol motifs (C(OH)–C–C–N with tert-alkyl or cyclic N) is 1. The average Bonchev–Trinajstić information content (AvgIpc) is 3.99. The van der Waals surface area contributed by atoms with Crippen molar-refractivity contribution in [1.29, 1.82) is 0 Å². The summed E-state index contributed by atoms with van der Waals surface area (Å²) in [7, 11) is -3.72. The second-order valence-electron chi connectivity index (χ2n) is 21.3. The van der Waals surface area contributed by atoms with Gasteiger partial charge in [0.25, 0.3) is 0 Å². The Kier molecular flexibility index (Phi) is 18.8. The lowest BCUT2D eigenvalue weighted by atomic mass is 9.85. The second-order valence-corrected chi connectivity index (χ2v) is 23.9. The number of piperazine rings is 1. The smallest absolute Gasteiger partial charge is 0.246 e. The first-order valence-electron chi connectivity index (χ1n) is 25.5. The fourth-order valence-electron chi connectivity index (χ4n) is 8.82. The number of likely N-dealkylation sites (tertiary alicyclic amines) is 1. The molecule has 2 fully saturated rings. The molecule has 0 unspecified atom stereocenters. The van der Waals surface area contributed by atoms with Crippen LogP contribution in [0.4, 0.5) is 28.8 Å². The van der Waals surface area contributed by atoms with Crippen molar-refractivity contribution in [2.75, 3.05) is 74.6 Å². The van der Waals surface area contributed by atoms with E-state index in [1.54, 1.807) is 62.6 Å². The van der Waals surface area contributed by atoms with E-state index in [4.69, 9.17) is 4.74 Å². The number of thiazole rings is 1. The third-order valence-corrected chi connectivity index (χ3v) is 15.5. The maximum absolute atomic E-state index is 14.0. The maximum Gasteiger partial charge on any atom is 0.246 e. The van der Waals surface area contributed by atoms with Gasteiger partial charge in [-0.15, -0.1) is 11.3 Å². The highest BCUT2D eigenvalue weighted by Gasteiger charge is 2.44. The predicted octanol–water partition coefficient (Wildman–Crippen LogP) is 5.23. The van der Waals surface area contributed by atoms with Crippen LogP contribution in [0.5, 0.6) is 0 Å². The van der Waals surface area contributed by atoms with Crippen molar-refractivity contribution in [3.05, 3.63) is 101 Å². The topological polar surface area (TPSA) is 252 Å². The standard InChI is InChI=1S/C54H72N12O8S2/c1-35-30-57-52(62-49(35)59-40-10-9-11-43(28-40)76(72,73)63-54(6,7)8)60-39-16-18-41(19-17-39)65-24-22-64(23-25-65)33-46(69)55-21-27-74-26-20-45(68)61-48(53(3,4)5)51(71)66-32-42(67)29-44(66)50(70)56-31-37-12-14-38(15-13-37)47-36(2)58-34-75-47/h9-19,28,30,34,42,44,48,63,67H,20-27,29,31-33H2,1-8H3,(H,55,69)(H,56,70)(H,61,68)(H2,57,59,60,62)/t42-,44+,48-/m1/s1. The van der Waals surface area contributed by atoms with E-state index >= 15 is 0 Å². The fourth-order valence-corrected chi connectivity index (χ4v) is 11.1. The number of aromatic nitrogens is 3. The molecule has 4 amide bonds. The Morgan fingerprint density at radius 2 is 1.58 bits per heavy atom. The number of hydrogen-bond donors (Lipinski definition) is 7. The first-order chi connectivity index (χ1) is 36.0. The van der Waals surface area contributed by atoms with Gasteiger partial charge >= 0.3 is 0 Å². The normalized spacial score (nSPS) is 16.8. The monoisotopic (exact) mass is 1080 g/mol. The van der Waals surface area contributed by atoms with Crippen molar-refractivity contribution in [1.82, 2.24) is 45.4 Å². The first kappa shape index (κ1) is 57.2. The van der Waals surface area contributed by atoms with E-state index in [1.165, 1.54) is 4.90 Å². The van der Waals surface area contributed by atoms with Gasteiger partial charge < -0.3 is 46.2 Å². The van der Waals surface area contributed by atoms with Crippen LogP contribution in [0.3, 0.4) is 0 Å². The molecule has 2 saturated heterocycles. The minimum Gasteiger partial charge on any atom is -0.391 e. The number of nitrogens with zero attached hydrogens (tertiary/aromatic N) is 6. The van der Waals surface area contributed by atoms with Gasteiger partial charge in [-0.2, -0.15) is 4.98 Å². The van der Waals surface area contributed by atoms with Crippen molar-refractivity contribution in [3.63, 3.8) is 0 Å². The molecule has 2 aliphatic heterocycles. The number of aliphatic hydroxyl groups excluding tert-OH is 1. The fraction of sp³-hybridized carbons (Fsp3) is 0.463. The Hall–Kier alpha value is -6.56. The number of anilines is 5. The summed E-state index contributed by atoms with van der Waals surface area (Å²) < 4.78 is 34.2. The molecule has 0 bridgehead atoms. The SMILES string of the molecule is Cc1cnc(Nc2ccc(N3CCN(CC(=O)NCCOCCC(=O)N[C@H](C(=O)N4C[C@H](O)C[C@H]4C(=O)NCc4ccc(-c5scnc5C)cc4)C(C)(C)C)CC3)cc2)nc1Nc1cccc(S(=O)(=O)NC(C)(C)C)c1. The number of ether oxygens (including phenoxy) is 1. The highest BCUT2D eigenvalue weighted by Crippen LogP contribution is 2.30. The average molecular weight is 1080 g/mol. The zero-order valence-electron chi connectivity index (χ0n) is 44.6. The molecule has 4 heterocycles.